The monoisotopic (exact) mass is 557 g/mol. The molecule has 1 unspecified atom stereocenters. The van der Waals surface area contributed by atoms with Gasteiger partial charge >= 0.3 is 18.8 Å². The summed E-state index contributed by atoms with van der Waals surface area (Å²) in [6.07, 6.45) is -5.62. The minimum absolute atomic E-state index is 0.0321. The quantitative estimate of drug-likeness (QED) is 0.316. The number of aromatic nitrogens is 2. The molecule has 16 heteroatoms. The lowest BCUT2D eigenvalue weighted by molar-refractivity contribution is -0.220. The van der Waals surface area contributed by atoms with Crippen molar-refractivity contribution in [2.45, 2.75) is 45.3 Å². The number of ether oxygens (including phenoxy) is 1. The van der Waals surface area contributed by atoms with Crippen molar-refractivity contribution in [1.29, 1.82) is 0 Å². The summed E-state index contributed by atoms with van der Waals surface area (Å²) in [6.45, 7) is -2.84. The summed E-state index contributed by atoms with van der Waals surface area (Å²) in [4.78, 5) is 23.9. The van der Waals surface area contributed by atoms with Crippen molar-refractivity contribution in [2.75, 3.05) is 20.2 Å². The molecule has 2 amide bonds. The van der Waals surface area contributed by atoms with Crippen LogP contribution in [-0.4, -0.2) is 65.4 Å². The molecule has 1 heterocycles. The molecule has 212 valence electrons. The van der Waals surface area contributed by atoms with Gasteiger partial charge in [0.05, 0.1) is 24.8 Å². The summed E-state index contributed by atoms with van der Waals surface area (Å²) in [5.41, 5.74) is -3.10. The molecule has 0 bridgehead atoms. The van der Waals surface area contributed by atoms with E-state index in [9.17, 15) is 45.4 Å². The number of alkyl halides is 5. The van der Waals surface area contributed by atoms with Crippen LogP contribution < -0.4 is 16.0 Å². The van der Waals surface area contributed by atoms with Gasteiger partial charge in [-0.05, 0) is 31.5 Å². The molecule has 1 aromatic carbocycles. The van der Waals surface area contributed by atoms with Crippen LogP contribution in [0.4, 0.5) is 35.5 Å². The number of nitrogens with zero attached hydrogens (tertiary/aromatic N) is 2. The zero-order chi connectivity index (χ0) is 28.8. The highest BCUT2D eigenvalue weighted by molar-refractivity contribution is 5.86. The molecule has 0 saturated heterocycles. The Kier molecular flexibility index (Phi) is 10.1. The second-order valence-electron chi connectivity index (χ2n) is 8.72. The van der Waals surface area contributed by atoms with Crippen LogP contribution in [0.5, 0.6) is 0 Å². The van der Waals surface area contributed by atoms with Crippen LogP contribution in [0.3, 0.4) is 0 Å². The standard InChI is InChI=1S/C22H26F7N5O4/c1-21(2,22(27,28)29)17(33-20(37)38-3)18(36)31-8-13(35)7-30-9-14-15(23)4-11(5-16(14)24)12-6-32-34(10-12)19(25)26/h4-6,10,13,17,19,30,35H,7-9H2,1-3H3,(H,31,36)(H,33,37)/t13-,17?/m0/s1. The molecular formula is C22H26F7N5O4. The average Bonchev–Trinajstić information content (AvgIpc) is 3.32. The summed E-state index contributed by atoms with van der Waals surface area (Å²) in [5.74, 6) is -3.27. The molecule has 0 radical (unpaired) electrons. The maximum Gasteiger partial charge on any atom is 0.407 e. The summed E-state index contributed by atoms with van der Waals surface area (Å²) in [7, 11) is 0.903. The molecule has 38 heavy (non-hydrogen) atoms. The number of hydrogen-bond acceptors (Lipinski definition) is 6. The van der Waals surface area contributed by atoms with Crippen molar-refractivity contribution in [2.24, 2.45) is 5.41 Å². The van der Waals surface area contributed by atoms with Crippen molar-refractivity contribution in [1.82, 2.24) is 25.7 Å². The molecule has 0 spiro atoms. The highest BCUT2D eigenvalue weighted by Gasteiger charge is 2.55. The first-order chi connectivity index (χ1) is 17.6. The van der Waals surface area contributed by atoms with E-state index in [0.29, 0.717) is 18.5 Å². The number of halogens is 7. The number of amides is 2. The highest BCUT2D eigenvalue weighted by Crippen LogP contribution is 2.40. The van der Waals surface area contributed by atoms with E-state index in [4.69, 9.17) is 0 Å². The van der Waals surface area contributed by atoms with Crippen LogP contribution in [-0.2, 0) is 16.1 Å². The number of aliphatic hydroxyl groups excluding tert-OH is 1. The van der Waals surface area contributed by atoms with E-state index in [1.54, 1.807) is 0 Å². The summed E-state index contributed by atoms with van der Waals surface area (Å²) in [6, 6.07) is -0.259. The van der Waals surface area contributed by atoms with Crippen molar-refractivity contribution >= 4 is 12.0 Å². The normalized spacial score (nSPS) is 13.8. The van der Waals surface area contributed by atoms with Gasteiger partial charge in [0.2, 0.25) is 5.91 Å². The van der Waals surface area contributed by atoms with Crippen molar-refractivity contribution in [3.05, 3.63) is 41.7 Å². The molecule has 0 saturated carbocycles. The zero-order valence-corrected chi connectivity index (χ0v) is 20.4. The van der Waals surface area contributed by atoms with Gasteiger partial charge in [-0.2, -0.15) is 27.1 Å². The van der Waals surface area contributed by atoms with Crippen LogP contribution in [0.2, 0.25) is 0 Å². The Morgan fingerprint density at radius 1 is 1.11 bits per heavy atom. The fraction of sp³-hybridized carbons (Fsp3) is 0.500. The Morgan fingerprint density at radius 3 is 2.21 bits per heavy atom. The first kappa shape index (κ1) is 30.8. The van der Waals surface area contributed by atoms with E-state index < -0.39 is 72.6 Å². The van der Waals surface area contributed by atoms with Crippen LogP contribution in [0.15, 0.2) is 24.5 Å². The minimum atomic E-state index is -4.89. The average molecular weight is 557 g/mol. The van der Waals surface area contributed by atoms with Crippen LogP contribution in [0.1, 0.15) is 26.0 Å². The fourth-order valence-corrected chi connectivity index (χ4v) is 3.20. The molecule has 1 aromatic heterocycles. The number of nitrogens with one attached hydrogen (secondary N) is 3. The van der Waals surface area contributed by atoms with Crippen LogP contribution in [0, 0.1) is 17.0 Å². The minimum Gasteiger partial charge on any atom is -0.453 e. The number of carbonyl (C=O) groups is 2. The van der Waals surface area contributed by atoms with Crippen molar-refractivity contribution in [3.8, 4) is 11.1 Å². The number of rotatable bonds is 11. The lowest BCUT2D eigenvalue weighted by Crippen LogP contribution is -2.60. The largest absolute Gasteiger partial charge is 0.453 e. The molecule has 2 rings (SSSR count). The number of benzene rings is 1. The van der Waals surface area contributed by atoms with E-state index >= 15 is 0 Å². The zero-order valence-electron chi connectivity index (χ0n) is 20.4. The van der Waals surface area contributed by atoms with E-state index in [1.165, 1.54) is 0 Å². The van der Waals surface area contributed by atoms with Crippen molar-refractivity contribution < 1.29 is 50.2 Å². The number of methoxy groups -OCH3 is 1. The predicted molar refractivity (Wildman–Crippen MR) is 119 cm³/mol. The molecule has 0 aliphatic rings. The molecule has 0 aliphatic heterocycles. The third-order valence-electron chi connectivity index (χ3n) is 5.63. The van der Waals surface area contributed by atoms with Gasteiger partial charge < -0.3 is 25.8 Å². The molecule has 2 atom stereocenters. The lowest BCUT2D eigenvalue weighted by atomic mass is 9.83. The van der Waals surface area contributed by atoms with Crippen LogP contribution >= 0.6 is 0 Å². The van der Waals surface area contributed by atoms with Gasteiger partial charge in [0.15, 0.2) is 0 Å². The van der Waals surface area contributed by atoms with Gasteiger partial charge in [-0.15, -0.1) is 0 Å². The Labute approximate surface area is 212 Å². The van der Waals surface area contributed by atoms with Crippen LogP contribution in [0.25, 0.3) is 11.1 Å². The number of hydrogen-bond donors (Lipinski definition) is 4. The van der Waals surface area contributed by atoms with E-state index in [1.807, 2.05) is 5.32 Å². The Morgan fingerprint density at radius 2 is 1.71 bits per heavy atom. The molecule has 2 aromatic rings. The Hall–Kier alpha value is -3.40. The first-order valence-corrected chi connectivity index (χ1v) is 11.0. The van der Waals surface area contributed by atoms with E-state index in [2.05, 4.69) is 20.5 Å². The number of carbonyl (C=O) groups excluding carboxylic acids is 2. The second-order valence-corrected chi connectivity index (χ2v) is 8.72. The molecule has 4 N–H and O–H groups in total. The maximum atomic E-state index is 14.5. The molecule has 0 aliphatic carbocycles. The van der Waals surface area contributed by atoms with E-state index in [-0.39, 0.29) is 17.7 Å². The third kappa shape index (κ3) is 7.56. The van der Waals surface area contributed by atoms with Gasteiger partial charge in [-0.25, -0.2) is 18.3 Å². The summed E-state index contributed by atoms with van der Waals surface area (Å²) >= 11 is 0. The molecule has 0 fully saturated rings. The van der Waals surface area contributed by atoms with Gasteiger partial charge in [-0.1, -0.05) is 0 Å². The van der Waals surface area contributed by atoms with Gasteiger partial charge in [0.25, 0.3) is 0 Å². The summed E-state index contributed by atoms with van der Waals surface area (Å²) < 4.78 is 99.1. The van der Waals surface area contributed by atoms with Gasteiger partial charge in [0, 0.05) is 37.0 Å². The molecular weight excluding hydrogens is 531 g/mol. The summed E-state index contributed by atoms with van der Waals surface area (Å²) in [5, 5.41) is 19.9. The highest BCUT2D eigenvalue weighted by atomic mass is 19.4. The SMILES string of the molecule is COC(=O)NC(C(=O)NC[C@@H](O)CNCc1c(F)cc(-c2cnn(C(F)F)c2)cc1F)C(C)(C)C(F)(F)F. The Balaban J connectivity index is 1.96. The fourth-order valence-electron chi connectivity index (χ4n) is 3.20. The smallest absolute Gasteiger partial charge is 0.407 e. The number of aliphatic hydroxyl groups is 1. The van der Waals surface area contributed by atoms with Gasteiger partial charge in [0.1, 0.15) is 17.7 Å². The first-order valence-electron chi connectivity index (χ1n) is 11.0. The maximum absolute atomic E-state index is 14.5. The lowest BCUT2D eigenvalue weighted by Gasteiger charge is -2.35. The number of alkyl carbamates (subject to hydrolysis) is 1. The van der Waals surface area contributed by atoms with E-state index in [0.717, 1.165) is 31.6 Å². The Bertz CT molecular complexity index is 1100. The third-order valence-corrected chi connectivity index (χ3v) is 5.63. The van der Waals surface area contributed by atoms with Crippen molar-refractivity contribution in [3.63, 3.8) is 0 Å². The predicted octanol–water partition coefficient (Wildman–Crippen LogP) is 3.10. The second kappa shape index (κ2) is 12.4. The van der Waals surface area contributed by atoms with Gasteiger partial charge in [-0.3, -0.25) is 4.79 Å². The molecule has 9 nitrogen and oxygen atoms in total. The topological polar surface area (TPSA) is 118 Å².